The van der Waals surface area contributed by atoms with Crippen molar-refractivity contribution in [3.63, 3.8) is 0 Å². The highest BCUT2D eigenvalue weighted by Gasteiger charge is 2.30. The molecule has 5 nitrogen and oxygen atoms in total. The highest BCUT2D eigenvalue weighted by atomic mass is 19.1. The number of nitrogens with two attached hydrogens (primary N) is 1. The normalized spacial score (nSPS) is 21.9. The molecule has 0 spiro atoms. The van der Waals surface area contributed by atoms with Crippen molar-refractivity contribution in [1.29, 1.82) is 5.41 Å². The smallest absolute Gasteiger partial charge is 0.319 e. The monoisotopic (exact) mass is 264 g/mol. The maximum Gasteiger partial charge on any atom is 0.319 e. The lowest BCUT2D eigenvalue weighted by atomic mass is 10.0. The summed E-state index contributed by atoms with van der Waals surface area (Å²) < 4.78 is 13.4. The average Bonchev–Trinajstić information content (AvgIpc) is 2.80. The predicted octanol–water partition coefficient (Wildman–Crippen LogP) is 2.05. The largest absolute Gasteiger partial charge is 0.387 e. The van der Waals surface area contributed by atoms with E-state index in [1.807, 2.05) is 0 Å². The van der Waals surface area contributed by atoms with E-state index in [9.17, 15) is 9.18 Å². The number of amidine groups is 1. The van der Waals surface area contributed by atoms with Crippen LogP contribution < -0.4 is 16.4 Å². The number of benzene rings is 1. The first-order chi connectivity index (χ1) is 9.08. The zero-order valence-electron chi connectivity index (χ0n) is 10.4. The number of nitrogens with one attached hydrogen (secondary N) is 3. The molecule has 2 amide bonds. The molecule has 2 atom stereocenters. The van der Waals surface area contributed by atoms with Crippen LogP contribution in [0.15, 0.2) is 24.3 Å². The number of carbonyl (C=O) groups is 1. The molecule has 102 valence electrons. The van der Waals surface area contributed by atoms with Gasteiger partial charge in [-0.25, -0.2) is 9.18 Å². The molecular formula is C13H17FN4O. The van der Waals surface area contributed by atoms with E-state index >= 15 is 0 Å². The zero-order chi connectivity index (χ0) is 13.8. The number of urea groups is 1. The molecule has 0 heterocycles. The van der Waals surface area contributed by atoms with Crippen molar-refractivity contribution < 1.29 is 9.18 Å². The van der Waals surface area contributed by atoms with Gasteiger partial charge in [-0.2, -0.15) is 0 Å². The fourth-order valence-electron chi connectivity index (χ4n) is 2.39. The minimum atomic E-state index is -0.479. The molecule has 2 unspecified atom stereocenters. The Morgan fingerprint density at radius 3 is 2.79 bits per heavy atom. The van der Waals surface area contributed by atoms with Gasteiger partial charge in [-0.05, 0) is 25.0 Å². The van der Waals surface area contributed by atoms with E-state index in [4.69, 9.17) is 11.1 Å². The Morgan fingerprint density at radius 1 is 1.37 bits per heavy atom. The number of anilines is 1. The fraction of sp³-hybridized carbons (Fsp3) is 0.385. The molecule has 0 radical (unpaired) electrons. The molecular weight excluding hydrogens is 247 g/mol. The molecule has 0 aliphatic heterocycles. The van der Waals surface area contributed by atoms with Crippen LogP contribution in [0.4, 0.5) is 14.9 Å². The molecule has 5 N–H and O–H groups in total. The van der Waals surface area contributed by atoms with Gasteiger partial charge in [-0.3, -0.25) is 5.41 Å². The third-order valence-corrected chi connectivity index (χ3v) is 3.35. The number of para-hydroxylation sites is 1. The van der Waals surface area contributed by atoms with Crippen LogP contribution in [-0.2, 0) is 0 Å². The Kier molecular flexibility index (Phi) is 3.99. The summed E-state index contributed by atoms with van der Waals surface area (Å²) >= 11 is 0. The van der Waals surface area contributed by atoms with Crippen molar-refractivity contribution in [3.8, 4) is 0 Å². The van der Waals surface area contributed by atoms with E-state index in [1.54, 1.807) is 12.1 Å². The Bertz CT molecular complexity index is 491. The summed E-state index contributed by atoms with van der Waals surface area (Å²) in [5.41, 5.74) is 5.63. The lowest BCUT2D eigenvalue weighted by Gasteiger charge is -2.20. The highest BCUT2D eigenvalue weighted by Crippen LogP contribution is 2.25. The summed E-state index contributed by atoms with van der Waals surface area (Å²) in [7, 11) is 0. The van der Waals surface area contributed by atoms with Gasteiger partial charge in [0.1, 0.15) is 5.82 Å². The minimum Gasteiger partial charge on any atom is -0.387 e. The van der Waals surface area contributed by atoms with Gasteiger partial charge in [0.05, 0.1) is 11.5 Å². The quantitative estimate of drug-likeness (QED) is 0.497. The first-order valence-corrected chi connectivity index (χ1v) is 6.24. The topological polar surface area (TPSA) is 91.0 Å². The molecule has 1 aliphatic carbocycles. The summed E-state index contributed by atoms with van der Waals surface area (Å²) in [5, 5.41) is 12.7. The molecule has 1 fully saturated rings. The fourth-order valence-corrected chi connectivity index (χ4v) is 2.39. The van der Waals surface area contributed by atoms with E-state index in [2.05, 4.69) is 10.6 Å². The molecule has 1 saturated carbocycles. The van der Waals surface area contributed by atoms with Crippen LogP contribution in [0.5, 0.6) is 0 Å². The number of carbonyl (C=O) groups excluding carboxylic acids is 1. The van der Waals surface area contributed by atoms with Crippen LogP contribution in [0.2, 0.25) is 0 Å². The van der Waals surface area contributed by atoms with E-state index in [1.165, 1.54) is 12.1 Å². The van der Waals surface area contributed by atoms with Gasteiger partial charge in [0.25, 0.3) is 0 Å². The summed E-state index contributed by atoms with van der Waals surface area (Å²) in [6.45, 7) is 0. The average molecular weight is 264 g/mol. The molecule has 0 saturated heterocycles. The Morgan fingerprint density at radius 2 is 2.11 bits per heavy atom. The van der Waals surface area contributed by atoms with Gasteiger partial charge >= 0.3 is 6.03 Å². The molecule has 6 heteroatoms. The summed E-state index contributed by atoms with van der Waals surface area (Å²) in [5.74, 6) is -0.507. The Labute approximate surface area is 110 Å². The second kappa shape index (κ2) is 5.69. The van der Waals surface area contributed by atoms with Gasteiger partial charge in [-0.15, -0.1) is 0 Å². The summed E-state index contributed by atoms with van der Waals surface area (Å²) in [6, 6.07) is 5.36. The third kappa shape index (κ3) is 3.21. The number of halogens is 1. The molecule has 2 rings (SSSR count). The van der Waals surface area contributed by atoms with E-state index in [-0.39, 0.29) is 23.5 Å². The van der Waals surface area contributed by atoms with Gasteiger partial charge in [0, 0.05) is 12.0 Å². The van der Waals surface area contributed by atoms with Crippen molar-refractivity contribution in [1.82, 2.24) is 5.32 Å². The van der Waals surface area contributed by atoms with Crippen LogP contribution in [0.25, 0.3) is 0 Å². The maximum absolute atomic E-state index is 13.4. The van der Waals surface area contributed by atoms with Crippen molar-refractivity contribution in [2.24, 2.45) is 11.7 Å². The number of rotatable bonds is 3. The lowest BCUT2D eigenvalue weighted by Crippen LogP contribution is -2.44. The van der Waals surface area contributed by atoms with E-state index in [0.717, 1.165) is 19.3 Å². The van der Waals surface area contributed by atoms with Crippen LogP contribution in [0.3, 0.4) is 0 Å². The van der Waals surface area contributed by atoms with E-state index < -0.39 is 11.8 Å². The second-order valence-electron chi connectivity index (χ2n) is 4.68. The van der Waals surface area contributed by atoms with Crippen molar-refractivity contribution in [2.75, 3.05) is 5.32 Å². The van der Waals surface area contributed by atoms with Crippen LogP contribution >= 0.6 is 0 Å². The number of amides is 2. The third-order valence-electron chi connectivity index (χ3n) is 3.35. The van der Waals surface area contributed by atoms with Crippen LogP contribution in [-0.4, -0.2) is 17.9 Å². The molecule has 0 aromatic heterocycles. The van der Waals surface area contributed by atoms with Crippen molar-refractivity contribution in [2.45, 2.75) is 25.3 Å². The minimum absolute atomic E-state index is 0.0914. The number of hydrogen-bond acceptors (Lipinski definition) is 2. The second-order valence-corrected chi connectivity index (χ2v) is 4.68. The predicted molar refractivity (Wildman–Crippen MR) is 71.6 cm³/mol. The highest BCUT2D eigenvalue weighted by molar-refractivity contribution is 5.90. The Balaban J connectivity index is 1.95. The van der Waals surface area contributed by atoms with E-state index in [0.29, 0.717) is 0 Å². The standard InChI is InChI=1S/C13H17FN4O/c14-9-5-1-2-6-11(9)18-13(19)17-10-7-3-4-8(10)12(15)16/h1-2,5-6,8,10H,3-4,7H2,(H3,15,16)(H2,17,18,19). The SMILES string of the molecule is N=C(N)C1CCCC1NC(=O)Nc1ccccc1F. The van der Waals surface area contributed by atoms with Gasteiger partial charge in [-0.1, -0.05) is 18.6 Å². The van der Waals surface area contributed by atoms with Crippen LogP contribution in [0.1, 0.15) is 19.3 Å². The van der Waals surface area contributed by atoms with Crippen molar-refractivity contribution >= 4 is 17.6 Å². The van der Waals surface area contributed by atoms with Crippen molar-refractivity contribution in [3.05, 3.63) is 30.1 Å². The first-order valence-electron chi connectivity index (χ1n) is 6.24. The molecule has 1 aromatic rings. The molecule has 0 bridgehead atoms. The number of hydrogen-bond donors (Lipinski definition) is 4. The first kappa shape index (κ1) is 13.3. The van der Waals surface area contributed by atoms with Gasteiger partial charge in [0.15, 0.2) is 0 Å². The molecule has 1 aromatic carbocycles. The zero-order valence-corrected chi connectivity index (χ0v) is 10.4. The van der Waals surface area contributed by atoms with Gasteiger partial charge < -0.3 is 16.4 Å². The maximum atomic E-state index is 13.4. The van der Waals surface area contributed by atoms with Gasteiger partial charge in [0.2, 0.25) is 0 Å². The van der Waals surface area contributed by atoms with Crippen LogP contribution in [0, 0.1) is 17.1 Å². The Hall–Kier alpha value is -2.11. The lowest BCUT2D eigenvalue weighted by molar-refractivity contribution is 0.247. The summed E-state index contributed by atoms with van der Waals surface area (Å²) in [4.78, 5) is 11.8. The summed E-state index contributed by atoms with van der Waals surface area (Å²) in [6.07, 6.45) is 2.52. The molecule has 19 heavy (non-hydrogen) atoms. The molecule has 1 aliphatic rings.